The molecule has 0 spiro atoms. The Bertz CT molecular complexity index is 3020. The molecule has 0 amide bonds. The van der Waals surface area contributed by atoms with Crippen LogP contribution in [0.15, 0.2) is 249 Å². The van der Waals surface area contributed by atoms with E-state index in [4.69, 9.17) is 0 Å². The van der Waals surface area contributed by atoms with Crippen molar-refractivity contribution in [2.75, 3.05) is 14.7 Å². The van der Waals surface area contributed by atoms with Crippen LogP contribution in [0.3, 0.4) is 0 Å². The molecule has 3 nitrogen and oxygen atoms in total. The van der Waals surface area contributed by atoms with Crippen LogP contribution < -0.4 is 14.7 Å². The molecule has 0 N–H and O–H groups in total. The topological polar surface area (TPSA) is 9.72 Å². The van der Waals surface area contributed by atoms with E-state index in [2.05, 4.69) is 263 Å². The molecule has 0 radical (unpaired) electrons. The Morgan fingerprint density at radius 3 is 1.18 bits per heavy atom. The third kappa shape index (κ3) is 6.59. The number of hydrogen-bond donors (Lipinski definition) is 0. The minimum Gasteiger partial charge on any atom is -0.311 e. The zero-order valence-electron chi connectivity index (χ0n) is 33.5. The van der Waals surface area contributed by atoms with E-state index in [0.717, 1.165) is 39.8 Å². The van der Waals surface area contributed by atoms with Crippen LogP contribution in [0, 0.1) is 0 Å². The van der Waals surface area contributed by atoms with Crippen LogP contribution in [0.5, 0.6) is 0 Å². The summed E-state index contributed by atoms with van der Waals surface area (Å²) >= 11 is 0. The lowest BCUT2D eigenvalue weighted by atomic mass is 9.86. The van der Waals surface area contributed by atoms with Gasteiger partial charge in [-0.1, -0.05) is 152 Å². The van der Waals surface area contributed by atoms with Gasteiger partial charge in [0.1, 0.15) is 0 Å². The van der Waals surface area contributed by atoms with Gasteiger partial charge >= 0.3 is 0 Å². The van der Waals surface area contributed by atoms with Crippen molar-refractivity contribution in [2.45, 2.75) is 0 Å². The fourth-order valence-electron chi connectivity index (χ4n) is 8.95. The van der Waals surface area contributed by atoms with Crippen molar-refractivity contribution in [3.8, 4) is 33.4 Å². The Kier molecular flexibility index (Phi) is 9.18. The largest absolute Gasteiger partial charge is 0.311 e. The maximum Gasteiger partial charge on any atom is 0.0546 e. The van der Waals surface area contributed by atoms with E-state index in [-0.39, 0.29) is 0 Å². The molecule has 10 aromatic rings. The van der Waals surface area contributed by atoms with Crippen LogP contribution in [0.25, 0.3) is 44.2 Å². The number of fused-ring (bicyclic) bond motifs is 2. The lowest BCUT2D eigenvalue weighted by Gasteiger charge is -2.34. The van der Waals surface area contributed by atoms with Crippen LogP contribution in [-0.2, 0) is 0 Å². The fraction of sp³-hybridized carbons (Fsp3) is 0. The predicted molar refractivity (Wildman–Crippen MR) is 258 cm³/mol. The van der Waals surface area contributed by atoms with E-state index in [0.29, 0.717) is 0 Å². The minimum atomic E-state index is 1.11. The molecule has 0 aromatic heterocycles. The quantitative estimate of drug-likeness (QED) is 0.144. The van der Waals surface area contributed by atoms with E-state index in [1.807, 2.05) is 0 Å². The summed E-state index contributed by atoms with van der Waals surface area (Å²) in [7, 11) is 0. The van der Waals surface area contributed by atoms with Crippen LogP contribution in [0.4, 0.5) is 51.2 Å². The van der Waals surface area contributed by atoms with Crippen molar-refractivity contribution in [3.05, 3.63) is 249 Å². The van der Waals surface area contributed by atoms with Gasteiger partial charge < -0.3 is 14.7 Å². The predicted octanol–water partition coefficient (Wildman–Crippen LogP) is 16.6. The third-order valence-electron chi connectivity index (χ3n) is 11.8. The molecule has 1 aliphatic heterocycles. The van der Waals surface area contributed by atoms with E-state index >= 15 is 0 Å². The van der Waals surface area contributed by atoms with Crippen molar-refractivity contribution in [1.82, 2.24) is 0 Å². The summed E-state index contributed by atoms with van der Waals surface area (Å²) in [6, 6.07) is 89.4. The normalized spacial score (nSPS) is 11.6. The highest BCUT2D eigenvalue weighted by Crippen LogP contribution is 2.53. The summed E-state index contributed by atoms with van der Waals surface area (Å²) in [6.45, 7) is 0. The van der Waals surface area contributed by atoms with Gasteiger partial charge in [-0.05, 0) is 130 Å². The summed E-state index contributed by atoms with van der Waals surface area (Å²) in [6.07, 6.45) is 0. The van der Waals surface area contributed by atoms with Gasteiger partial charge in [-0.25, -0.2) is 0 Å². The Balaban J connectivity index is 0.992. The second-order valence-corrected chi connectivity index (χ2v) is 15.4. The lowest BCUT2D eigenvalue weighted by molar-refractivity contribution is 1.28. The summed E-state index contributed by atoms with van der Waals surface area (Å²) in [5, 5.41) is 2.49. The smallest absolute Gasteiger partial charge is 0.0546 e. The second kappa shape index (κ2) is 15.6. The molecular weight excluding hydrogens is 739 g/mol. The van der Waals surface area contributed by atoms with Crippen molar-refractivity contribution in [2.24, 2.45) is 0 Å². The van der Waals surface area contributed by atoms with Gasteiger partial charge in [-0.15, -0.1) is 0 Å². The van der Waals surface area contributed by atoms with Crippen LogP contribution >= 0.6 is 0 Å². The standard InChI is InChI=1S/C58H41N3/c1-6-17-45(18-7-1)59(46-19-8-2-9-20-46)50-34-29-42(30-35-50)44-33-38-53-55-40-39-52(54-27-16-28-56(58(54)55)61(57(53)41-44)49-25-14-5-15-26-49)43-31-36-51(37-32-43)60(47-21-10-3-11-22-47)48-23-12-4-13-24-48/h1-41H. The maximum absolute atomic E-state index is 2.44. The molecule has 0 fully saturated rings. The number of nitrogens with zero attached hydrogens (tertiary/aromatic N) is 3. The highest BCUT2D eigenvalue weighted by molar-refractivity contribution is 6.17. The molecule has 10 aromatic carbocycles. The molecule has 61 heavy (non-hydrogen) atoms. The molecule has 0 aliphatic carbocycles. The number of rotatable bonds is 9. The van der Waals surface area contributed by atoms with Gasteiger partial charge in [-0.3, -0.25) is 0 Å². The molecule has 11 rings (SSSR count). The zero-order chi connectivity index (χ0) is 40.5. The molecule has 0 bridgehead atoms. The first-order chi connectivity index (χ1) is 30.3. The summed E-state index contributed by atoms with van der Waals surface area (Å²) in [5.41, 5.74) is 17.4. The molecule has 288 valence electrons. The van der Waals surface area contributed by atoms with Gasteiger partial charge in [-0.2, -0.15) is 0 Å². The number of para-hydroxylation sites is 5. The van der Waals surface area contributed by atoms with E-state index in [9.17, 15) is 0 Å². The highest BCUT2D eigenvalue weighted by atomic mass is 15.2. The lowest BCUT2D eigenvalue weighted by Crippen LogP contribution is -2.15. The number of benzene rings is 10. The average Bonchev–Trinajstić information content (AvgIpc) is 3.34. The molecule has 0 unspecified atom stereocenters. The molecule has 0 saturated carbocycles. The molecule has 0 atom stereocenters. The minimum absolute atomic E-state index is 1.11. The summed E-state index contributed by atoms with van der Waals surface area (Å²) < 4.78 is 0. The van der Waals surface area contributed by atoms with Crippen molar-refractivity contribution < 1.29 is 0 Å². The van der Waals surface area contributed by atoms with Crippen molar-refractivity contribution >= 4 is 62.0 Å². The number of hydrogen-bond acceptors (Lipinski definition) is 3. The highest BCUT2D eigenvalue weighted by Gasteiger charge is 2.27. The Morgan fingerprint density at radius 2 is 0.672 bits per heavy atom. The monoisotopic (exact) mass is 779 g/mol. The Labute approximate surface area is 357 Å². The fourth-order valence-corrected chi connectivity index (χ4v) is 8.95. The van der Waals surface area contributed by atoms with Crippen molar-refractivity contribution in [3.63, 3.8) is 0 Å². The van der Waals surface area contributed by atoms with Gasteiger partial charge in [0, 0.05) is 50.8 Å². The number of anilines is 9. The summed E-state index contributed by atoms with van der Waals surface area (Å²) in [4.78, 5) is 7.06. The average molecular weight is 780 g/mol. The van der Waals surface area contributed by atoms with Crippen LogP contribution in [-0.4, -0.2) is 0 Å². The Morgan fingerprint density at radius 1 is 0.262 bits per heavy atom. The first kappa shape index (κ1) is 36.0. The van der Waals surface area contributed by atoms with Crippen molar-refractivity contribution in [1.29, 1.82) is 0 Å². The SMILES string of the molecule is c1ccc(N(c2ccccc2)c2ccc(-c3ccc4c(c3)N(c3ccccc3)c3cccc5c(-c6ccc(N(c7ccccc7)c7ccccc7)cc6)ccc-4c35)cc2)cc1. The molecule has 1 aliphatic rings. The maximum atomic E-state index is 2.44. The zero-order valence-corrected chi connectivity index (χ0v) is 33.5. The van der Waals surface area contributed by atoms with Gasteiger partial charge in [0.25, 0.3) is 0 Å². The molecule has 3 heteroatoms. The van der Waals surface area contributed by atoms with Crippen LogP contribution in [0.2, 0.25) is 0 Å². The molecule has 1 heterocycles. The molecule has 0 saturated heterocycles. The van der Waals surface area contributed by atoms with E-state index in [1.165, 1.54) is 55.5 Å². The van der Waals surface area contributed by atoms with Crippen LogP contribution in [0.1, 0.15) is 0 Å². The first-order valence-electron chi connectivity index (χ1n) is 20.9. The van der Waals surface area contributed by atoms with Gasteiger partial charge in [0.15, 0.2) is 0 Å². The van der Waals surface area contributed by atoms with Gasteiger partial charge in [0.05, 0.1) is 11.4 Å². The second-order valence-electron chi connectivity index (χ2n) is 15.4. The Hall–Kier alpha value is -8.14. The molecular formula is C58H41N3. The van der Waals surface area contributed by atoms with E-state index in [1.54, 1.807) is 0 Å². The summed E-state index contributed by atoms with van der Waals surface area (Å²) in [5.74, 6) is 0. The first-order valence-corrected chi connectivity index (χ1v) is 20.9. The van der Waals surface area contributed by atoms with E-state index < -0.39 is 0 Å². The van der Waals surface area contributed by atoms with Gasteiger partial charge in [0.2, 0.25) is 0 Å². The third-order valence-corrected chi connectivity index (χ3v) is 11.8.